The molecule has 0 aliphatic heterocycles. The molecule has 0 saturated carbocycles. The molecule has 2 amide bonds. The van der Waals surface area contributed by atoms with E-state index in [1.807, 2.05) is 76.2 Å². The lowest BCUT2D eigenvalue weighted by Crippen LogP contribution is -2.56. The second kappa shape index (κ2) is 7.30. The zero-order valence-electron chi connectivity index (χ0n) is 14.7. The van der Waals surface area contributed by atoms with Crippen molar-refractivity contribution >= 4 is 11.8 Å². The van der Waals surface area contributed by atoms with Gasteiger partial charge >= 0.3 is 0 Å². The summed E-state index contributed by atoms with van der Waals surface area (Å²) in [5.74, 6) is -0.426. The van der Waals surface area contributed by atoms with Crippen molar-refractivity contribution in [2.75, 3.05) is 0 Å². The first kappa shape index (κ1) is 17.7. The van der Waals surface area contributed by atoms with Crippen LogP contribution in [-0.4, -0.2) is 22.4 Å². The Labute approximate surface area is 143 Å². The first-order chi connectivity index (χ1) is 11.3. The maximum Gasteiger partial charge on any atom is 0.272 e. The van der Waals surface area contributed by atoms with Gasteiger partial charge in [0.05, 0.1) is 12.0 Å². The second-order valence-corrected chi connectivity index (χ2v) is 6.88. The molecule has 0 bridgehead atoms. The third kappa shape index (κ3) is 4.69. The number of nitrogens with zero attached hydrogens (tertiary/aromatic N) is 1. The van der Waals surface area contributed by atoms with E-state index in [0.717, 1.165) is 11.1 Å². The molecule has 4 nitrogen and oxygen atoms in total. The van der Waals surface area contributed by atoms with E-state index in [1.54, 1.807) is 6.07 Å². The largest absolute Gasteiger partial charge is 0.273 e. The van der Waals surface area contributed by atoms with Gasteiger partial charge in [0, 0.05) is 5.56 Å². The summed E-state index contributed by atoms with van der Waals surface area (Å²) >= 11 is 0. The fraction of sp³-hybridized carbons (Fsp3) is 0.300. The van der Waals surface area contributed by atoms with E-state index in [9.17, 15) is 9.59 Å². The fourth-order valence-electron chi connectivity index (χ4n) is 2.38. The van der Waals surface area contributed by atoms with Crippen molar-refractivity contribution in [1.82, 2.24) is 10.4 Å². The lowest BCUT2D eigenvalue weighted by molar-refractivity contribution is -0.126. The van der Waals surface area contributed by atoms with Crippen LogP contribution in [0.3, 0.4) is 0 Å². The maximum atomic E-state index is 12.8. The summed E-state index contributed by atoms with van der Waals surface area (Å²) in [5, 5.41) is 1.41. The predicted octanol–water partition coefficient (Wildman–Crippen LogP) is 3.51. The third-order valence-electron chi connectivity index (χ3n) is 3.58. The van der Waals surface area contributed by atoms with Crippen LogP contribution in [0.15, 0.2) is 54.6 Å². The van der Waals surface area contributed by atoms with Crippen LogP contribution in [0.4, 0.5) is 0 Å². The van der Waals surface area contributed by atoms with Crippen molar-refractivity contribution in [2.45, 2.75) is 39.7 Å². The van der Waals surface area contributed by atoms with Crippen LogP contribution in [0.25, 0.3) is 0 Å². The van der Waals surface area contributed by atoms with E-state index >= 15 is 0 Å². The molecule has 0 atom stereocenters. The molecule has 0 heterocycles. The topological polar surface area (TPSA) is 49.4 Å². The summed E-state index contributed by atoms with van der Waals surface area (Å²) in [6.07, 6.45) is 0.231. The highest BCUT2D eigenvalue weighted by Gasteiger charge is 2.29. The summed E-state index contributed by atoms with van der Waals surface area (Å²) in [6.45, 7) is 7.61. The van der Waals surface area contributed by atoms with Gasteiger partial charge in [0.1, 0.15) is 0 Å². The minimum atomic E-state index is -0.535. The van der Waals surface area contributed by atoms with Gasteiger partial charge in [-0.05, 0) is 45.4 Å². The van der Waals surface area contributed by atoms with Gasteiger partial charge in [-0.15, -0.1) is 0 Å². The molecular formula is C20H24N2O2. The van der Waals surface area contributed by atoms with E-state index in [-0.39, 0.29) is 18.2 Å². The molecule has 126 valence electrons. The van der Waals surface area contributed by atoms with E-state index in [1.165, 1.54) is 5.01 Å². The Bertz CT molecular complexity index is 718. The molecule has 2 rings (SSSR count). The van der Waals surface area contributed by atoms with Crippen LogP contribution in [0, 0.1) is 6.92 Å². The highest BCUT2D eigenvalue weighted by Crippen LogP contribution is 2.16. The van der Waals surface area contributed by atoms with Crippen LogP contribution in [0.1, 0.15) is 42.3 Å². The molecular weight excluding hydrogens is 300 g/mol. The Hall–Kier alpha value is -2.62. The quantitative estimate of drug-likeness (QED) is 0.878. The van der Waals surface area contributed by atoms with Gasteiger partial charge < -0.3 is 0 Å². The molecule has 24 heavy (non-hydrogen) atoms. The van der Waals surface area contributed by atoms with Crippen molar-refractivity contribution in [3.63, 3.8) is 0 Å². The summed E-state index contributed by atoms with van der Waals surface area (Å²) in [4.78, 5) is 25.2. The molecule has 4 heteroatoms. The van der Waals surface area contributed by atoms with E-state index in [0.29, 0.717) is 5.56 Å². The number of benzene rings is 2. The number of carbonyl (C=O) groups is 2. The number of nitrogens with one attached hydrogen (secondary N) is 1. The van der Waals surface area contributed by atoms with Crippen molar-refractivity contribution in [1.29, 1.82) is 0 Å². The van der Waals surface area contributed by atoms with Gasteiger partial charge in [-0.3, -0.25) is 15.0 Å². The van der Waals surface area contributed by atoms with Gasteiger partial charge in [-0.2, -0.15) is 0 Å². The molecule has 0 aromatic heterocycles. The van der Waals surface area contributed by atoms with Gasteiger partial charge in [-0.25, -0.2) is 5.01 Å². The monoisotopic (exact) mass is 324 g/mol. The molecule has 0 radical (unpaired) electrons. The number of carbonyl (C=O) groups excluding carboxylic acids is 2. The summed E-state index contributed by atoms with van der Waals surface area (Å²) in [5.41, 5.74) is 4.71. The van der Waals surface area contributed by atoms with E-state index in [2.05, 4.69) is 5.43 Å². The second-order valence-electron chi connectivity index (χ2n) is 6.88. The molecule has 1 N–H and O–H groups in total. The highest BCUT2D eigenvalue weighted by atomic mass is 16.2. The number of amides is 2. The summed E-state index contributed by atoms with van der Waals surface area (Å²) in [6, 6.07) is 16.8. The van der Waals surface area contributed by atoms with Crippen molar-refractivity contribution in [2.24, 2.45) is 0 Å². The molecule has 2 aromatic rings. The van der Waals surface area contributed by atoms with E-state index in [4.69, 9.17) is 0 Å². The van der Waals surface area contributed by atoms with Gasteiger partial charge in [-0.1, -0.05) is 48.0 Å². The average molecular weight is 324 g/mol. The van der Waals surface area contributed by atoms with Crippen molar-refractivity contribution < 1.29 is 9.59 Å². The SMILES string of the molecule is Cc1cccc(C(=O)N(NC(=O)Cc2ccccc2)C(C)(C)C)c1. The molecule has 0 saturated heterocycles. The number of aryl methyl sites for hydroxylation is 1. The standard InChI is InChI=1S/C20H24N2O2/c1-15-9-8-12-17(13-15)19(24)22(20(2,3)4)21-18(23)14-16-10-6-5-7-11-16/h5-13H,14H2,1-4H3,(H,21,23). The Morgan fingerprint density at radius 1 is 1.00 bits per heavy atom. The number of hydrogen-bond acceptors (Lipinski definition) is 2. The van der Waals surface area contributed by atoms with Crippen molar-refractivity contribution in [3.8, 4) is 0 Å². The van der Waals surface area contributed by atoms with Crippen LogP contribution >= 0.6 is 0 Å². The lowest BCUT2D eigenvalue weighted by Gasteiger charge is -2.35. The van der Waals surface area contributed by atoms with Crippen LogP contribution in [-0.2, 0) is 11.2 Å². The molecule has 0 aliphatic rings. The van der Waals surface area contributed by atoms with Crippen LogP contribution < -0.4 is 5.43 Å². The van der Waals surface area contributed by atoms with Crippen LogP contribution in [0.2, 0.25) is 0 Å². The first-order valence-electron chi connectivity index (χ1n) is 8.02. The lowest BCUT2D eigenvalue weighted by atomic mass is 10.1. The Morgan fingerprint density at radius 3 is 2.25 bits per heavy atom. The predicted molar refractivity (Wildman–Crippen MR) is 95.4 cm³/mol. The smallest absolute Gasteiger partial charge is 0.272 e. The number of hydrazine groups is 1. The zero-order chi connectivity index (χ0) is 17.7. The van der Waals surface area contributed by atoms with Gasteiger partial charge in [0.25, 0.3) is 5.91 Å². The Morgan fingerprint density at radius 2 is 1.67 bits per heavy atom. The van der Waals surface area contributed by atoms with Crippen molar-refractivity contribution in [3.05, 3.63) is 71.3 Å². The summed E-state index contributed by atoms with van der Waals surface area (Å²) in [7, 11) is 0. The molecule has 0 fully saturated rings. The van der Waals surface area contributed by atoms with E-state index < -0.39 is 5.54 Å². The minimum Gasteiger partial charge on any atom is -0.273 e. The number of hydrogen-bond donors (Lipinski definition) is 1. The highest BCUT2D eigenvalue weighted by molar-refractivity contribution is 5.96. The molecule has 0 spiro atoms. The maximum absolute atomic E-state index is 12.8. The van der Waals surface area contributed by atoms with Gasteiger partial charge in [0.2, 0.25) is 5.91 Å². The molecule has 0 unspecified atom stereocenters. The fourth-order valence-corrected chi connectivity index (χ4v) is 2.38. The third-order valence-corrected chi connectivity index (χ3v) is 3.58. The zero-order valence-corrected chi connectivity index (χ0v) is 14.7. The average Bonchev–Trinajstić information content (AvgIpc) is 2.52. The normalized spacial score (nSPS) is 11.0. The van der Waals surface area contributed by atoms with Gasteiger partial charge in [0.15, 0.2) is 0 Å². The molecule has 2 aromatic carbocycles. The first-order valence-corrected chi connectivity index (χ1v) is 8.02. The minimum absolute atomic E-state index is 0.211. The van der Waals surface area contributed by atoms with Crippen LogP contribution in [0.5, 0.6) is 0 Å². The Balaban J connectivity index is 2.17. The summed E-state index contributed by atoms with van der Waals surface area (Å²) < 4.78 is 0. The number of rotatable bonds is 3. The molecule has 0 aliphatic carbocycles. The Kier molecular flexibility index (Phi) is 5.39.